The molecule has 1 atom stereocenters. The summed E-state index contributed by atoms with van der Waals surface area (Å²) in [6.07, 6.45) is 3.97. The van der Waals surface area contributed by atoms with Gasteiger partial charge in [0.1, 0.15) is 6.33 Å². The number of hydrogen-bond acceptors (Lipinski definition) is 5. The van der Waals surface area contributed by atoms with Gasteiger partial charge in [0.25, 0.3) is 5.91 Å². The molecule has 0 aliphatic heterocycles. The summed E-state index contributed by atoms with van der Waals surface area (Å²) in [5, 5.41) is 7.27. The van der Waals surface area contributed by atoms with Crippen LogP contribution in [0.2, 0.25) is 0 Å². The fraction of sp³-hybridized carbons (Fsp3) is 0.300. The molecule has 7 nitrogen and oxygen atoms in total. The summed E-state index contributed by atoms with van der Waals surface area (Å²) in [4.78, 5) is 21.3. The zero-order valence-corrected chi connectivity index (χ0v) is 15.9. The van der Waals surface area contributed by atoms with Crippen LogP contribution in [0, 0.1) is 6.92 Å². The molecule has 0 aliphatic carbocycles. The van der Waals surface area contributed by atoms with E-state index in [1.54, 1.807) is 24.1 Å². The number of hydrogen-bond donors (Lipinski definition) is 1. The molecule has 0 aliphatic rings. The summed E-state index contributed by atoms with van der Waals surface area (Å²) in [6, 6.07) is 9.20. The molecule has 2 heterocycles. The second kappa shape index (κ2) is 7.99. The highest BCUT2D eigenvalue weighted by molar-refractivity contribution is 5.96. The summed E-state index contributed by atoms with van der Waals surface area (Å²) < 4.78 is 7.14. The van der Waals surface area contributed by atoms with E-state index in [9.17, 15) is 4.79 Å². The topological polar surface area (TPSA) is 81.9 Å². The van der Waals surface area contributed by atoms with Gasteiger partial charge in [-0.2, -0.15) is 5.10 Å². The highest BCUT2D eigenvalue weighted by Crippen LogP contribution is 2.30. The van der Waals surface area contributed by atoms with Crippen molar-refractivity contribution in [3.05, 3.63) is 59.8 Å². The molecule has 140 valence electrons. The highest BCUT2D eigenvalue weighted by atomic mass is 16.5. The molecule has 0 saturated heterocycles. The minimum atomic E-state index is -0.140. The quantitative estimate of drug-likeness (QED) is 0.726. The molecular formula is C20H23N5O2. The number of nitrogens with one attached hydrogen (secondary N) is 1. The van der Waals surface area contributed by atoms with Gasteiger partial charge in [-0.25, -0.2) is 9.97 Å². The van der Waals surface area contributed by atoms with Crippen molar-refractivity contribution in [3.63, 3.8) is 0 Å². The third-order valence-electron chi connectivity index (χ3n) is 4.54. The van der Waals surface area contributed by atoms with Crippen molar-refractivity contribution in [2.75, 3.05) is 7.11 Å². The standard InChI is InChI=1S/C20H23N5O2/c1-5-16(17-9-10-23-25(17)3)24-19(26)15-8-6-7-14(11-15)18-13(2)21-12-22-20(18)27-4/h6-12,16H,5H2,1-4H3,(H,24,26)/t16-/m1/s1. The molecule has 0 spiro atoms. The third-order valence-corrected chi connectivity index (χ3v) is 4.54. The SMILES string of the molecule is CC[C@@H](NC(=O)c1cccc(-c2c(C)ncnc2OC)c1)c1ccnn1C. The number of nitrogens with zero attached hydrogens (tertiary/aromatic N) is 4. The first-order valence-electron chi connectivity index (χ1n) is 8.80. The molecule has 1 N–H and O–H groups in total. The Hall–Kier alpha value is -3.22. The molecule has 2 aromatic heterocycles. The Balaban J connectivity index is 1.90. The van der Waals surface area contributed by atoms with Crippen LogP contribution in [0.5, 0.6) is 5.88 Å². The van der Waals surface area contributed by atoms with Crippen LogP contribution in [0.1, 0.15) is 41.1 Å². The van der Waals surface area contributed by atoms with E-state index in [1.165, 1.54) is 6.33 Å². The Morgan fingerprint density at radius 1 is 1.30 bits per heavy atom. The smallest absolute Gasteiger partial charge is 0.251 e. The first-order valence-corrected chi connectivity index (χ1v) is 8.80. The van der Waals surface area contributed by atoms with Crippen LogP contribution in [-0.4, -0.2) is 32.8 Å². The van der Waals surface area contributed by atoms with Crippen LogP contribution in [0.4, 0.5) is 0 Å². The first kappa shape index (κ1) is 18.6. The van der Waals surface area contributed by atoms with Gasteiger partial charge in [-0.15, -0.1) is 0 Å². The average molecular weight is 365 g/mol. The van der Waals surface area contributed by atoms with Crippen LogP contribution in [0.25, 0.3) is 11.1 Å². The Labute approximate surface area is 158 Å². The molecule has 0 unspecified atom stereocenters. The number of ether oxygens (including phenoxy) is 1. The van der Waals surface area contributed by atoms with E-state index in [1.807, 2.05) is 45.2 Å². The van der Waals surface area contributed by atoms with Gasteiger partial charge >= 0.3 is 0 Å². The van der Waals surface area contributed by atoms with Gasteiger partial charge in [-0.3, -0.25) is 9.48 Å². The lowest BCUT2D eigenvalue weighted by molar-refractivity contribution is 0.0934. The molecule has 0 fully saturated rings. The van der Waals surface area contributed by atoms with Crippen molar-refractivity contribution in [1.29, 1.82) is 0 Å². The fourth-order valence-corrected chi connectivity index (χ4v) is 3.11. The van der Waals surface area contributed by atoms with Gasteiger partial charge in [0.05, 0.1) is 30.1 Å². The molecule has 27 heavy (non-hydrogen) atoms. The average Bonchev–Trinajstić information content (AvgIpc) is 3.11. The van der Waals surface area contributed by atoms with Gasteiger partial charge in [0, 0.05) is 18.8 Å². The van der Waals surface area contributed by atoms with Gasteiger partial charge in [0.2, 0.25) is 5.88 Å². The molecule has 0 radical (unpaired) electrons. The fourth-order valence-electron chi connectivity index (χ4n) is 3.11. The van der Waals surface area contributed by atoms with Crippen LogP contribution in [-0.2, 0) is 7.05 Å². The predicted octanol–water partition coefficient (Wildman–Crippen LogP) is 3.08. The van der Waals surface area contributed by atoms with E-state index < -0.39 is 0 Å². The van der Waals surface area contributed by atoms with Crippen molar-refractivity contribution in [2.24, 2.45) is 7.05 Å². The van der Waals surface area contributed by atoms with Crippen molar-refractivity contribution < 1.29 is 9.53 Å². The summed E-state index contributed by atoms with van der Waals surface area (Å²) in [5.74, 6) is 0.347. The summed E-state index contributed by atoms with van der Waals surface area (Å²) in [7, 11) is 3.44. The van der Waals surface area contributed by atoms with E-state index in [4.69, 9.17) is 4.74 Å². The number of rotatable bonds is 6. The summed E-state index contributed by atoms with van der Waals surface area (Å²) >= 11 is 0. The van der Waals surface area contributed by atoms with E-state index in [0.717, 1.165) is 28.9 Å². The van der Waals surface area contributed by atoms with E-state index in [-0.39, 0.29) is 11.9 Å². The lowest BCUT2D eigenvalue weighted by Gasteiger charge is -2.18. The van der Waals surface area contributed by atoms with Crippen molar-refractivity contribution in [3.8, 4) is 17.0 Å². The Morgan fingerprint density at radius 2 is 2.11 bits per heavy atom. The normalized spacial score (nSPS) is 11.9. The number of benzene rings is 1. The minimum absolute atomic E-state index is 0.106. The van der Waals surface area contributed by atoms with E-state index in [0.29, 0.717) is 11.4 Å². The van der Waals surface area contributed by atoms with E-state index >= 15 is 0 Å². The zero-order valence-electron chi connectivity index (χ0n) is 15.9. The third kappa shape index (κ3) is 3.81. The molecule has 0 saturated carbocycles. The number of methoxy groups -OCH3 is 1. The summed E-state index contributed by atoms with van der Waals surface area (Å²) in [6.45, 7) is 3.92. The van der Waals surface area contributed by atoms with Crippen molar-refractivity contribution in [2.45, 2.75) is 26.3 Å². The van der Waals surface area contributed by atoms with Gasteiger partial charge < -0.3 is 10.1 Å². The Bertz CT molecular complexity index is 951. The number of aromatic nitrogens is 4. The van der Waals surface area contributed by atoms with Gasteiger partial charge in [0.15, 0.2) is 0 Å². The largest absolute Gasteiger partial charge is 0.480 e. The molecule has 3 aromatic rings. The maximum atomic E-state index is 12.8. The van der Waals surface area contributed by atoms with Crippen LogP contribution < -0.4 is 10.1 Å². The number of carbonyl (C=O) groups excluding carboxylic acids is 1. The Kier molecular flexibility index (Phi) is 5.49. The number of aryl methyl sites for hydroxylation is 2. The predicted molar refractivity (Wildman–Crippen MR) is 102 cm³/mol. The lowest BCUT2D eigenvalue weighted by Crippen LogP contribution is -2.29. The summed E-state index contributed by atoms with van der Waals surface area (Å²) in [5.41, 5.74) is 3.95. The minimum Gasteiger partial charge on any atom is -0.480 e. The molecule has 1 aromatic carbocycles. The molecule has 1 amide bonds. The number of carbonyl (C=O) groups is 1. The molecule has 7 heteroatoms. The van der Waals surface area contributed by atoms with Gasteiger partial charge in [-0.1, -0.05) is 19.1 Å². The first-order chi connectivity index (χ1) is 13.0. The second-order valence-electron chi connectivity index (χ2n) is 6.24. The monoisotopic (exact) mass is 365 g/mol. The molecule has 3 rings (SSSR count). The van der Waals surface area contributed by atoms with Gasteiger partial charge in [-0.05, 0) is 37.1 Å². The second-order valence-corrected chi connectivity index (χ2v) is 6.24. The van der Waals surface area contributed by atoms with Crippen LogP contribution in [0.15, 0.2) is 42.9 Å². The van der Waals surface area contributed by atoms with Crippen LogP contribution >= 0.6 is 0 Å². The highest BCUT2D eigenvalue weighted by Gasteiger charge is 2.18. The maximum Gasteiger partial charge on any atom is 0.251 e. The number of amides is 1. The van der Waals surface area contributed by atoms with Crippen molar-refractivity contribution >= 4 is 5.91 Å². The van der Waals surface area contributed by atoms with E-state index in [2.05, 4.69) is 20.4 Å². The maximum absolute atomic E-state index is 12.8. The Morgan fingerprint density at radius 3 is 2.78 bits per heavy atom. The zero-order chi connectivity index (χ0) is 19.4. The van der Waals surface area contributed by atoms with Crippen LogP contribution in [0.3, 0.4) is 0 Å². The lowest BCUT2D eigenvalue weighted by atomic mass is 10.0. The molecule has 0 bridgehead atoms. The van der Waals surface area contributed by atoms with Crippen molar-refractivity contribution in [1.82, 2.24) is 25.1 Å². The molecular weight excluding hydrogens is 342 g/mol.